The average Bonchev–Trinajstić information content (AvgIpc) is 2.74. The van der Waals surface area contributed by atoms with Gasteiger partial charge in [-0.3, -0.25) is 4.79 Å². The monoisotopic (exact) mass is 476 g/mol. The number of halogens is 3. The van der Waals surface area contributed by atoms with Crippen LogP contribution in [0.2, 0.25) is 5.02 Å². The average molecular weight is 477 g/mol. The molecule has 1 heterocycles. The van der Waals surface area contributed by atoms with Gasteiger partial charge < -0.3 is 9.73 Å². The molecule has 7 heteroatoms. The topological polar surface area (TPSA) is 66.0 Å². The first kappa shape index (κ1) is 16.1. The summed E-state index contributed by atoms with van der Waals surface area (Å²) in [6, 6.07) is 10.2. The molecule has 0 saturated carbocycles. The van der Waals surface area contributed by atoms with Gasteiger partial charge in [-0.1, -0.05) is 17.7 Å². The first-order valence-electron chi connectivity index (χ1n) is 5.63. The Balaban J connectivity index is 2.21. The number of hydrogen-bond acceptors (Lipinski definition) is 3. The maximum Gasteiger partial charge on any atom is 0.266 e. The predicted octanol–water partition coefficient (Wildman–Crippen LogP) is 4.85. The SMILES string of the molecule is N#C/C(=C/c1cc(Br)c(I)o1)C(=O)Nc1cccc(Cl)c1. The maximum absolute atomic E-state index is 12.1. The molecule has 0 fully saturated rings. The number of carbonyl (C=O) groups excluding carboxylic acids is 1. The van der Waals surface area contributed by atoms with Crippen LogP contribution in [0.3, 0.4) is 0 Å². The number of furan rings is 1. The molecular weight excluding hydrogens is 470 g/mol. The fourth-order valence-corrected chi connectivity index (χ4v) is 2.40. The molecule has 21 heavy (non-hydrogen) atoms. The third-order valence-electron chi connectivity index (χ3n) is 2.40. The van der Waals surface area contributed by atoms with Crippen LogP contribution in [-0.2, 0) is 4.79 Å². The number of nitrogens with one attached hydrogen (secondary N) is 1. The van der Waals surface area contributed by atoms with Gasteiger partial charge in [0.1, 0.15) is 17.4 Å². The summed E-state index contributed by atoms with van der Waals surface area (Å²) in [5, 5.41) is 12.2. The van der Waals surface area contributed by atoms with E-state index in [0.29, 0.717) is 20.2 Å². The zero-order valence-electron chi connectivity index (χ0n) is 10.4. The van der Waals surface area contributed by atoms with Crippen molar-refractivity contribution >= 4 is 67.8 Å². The number of nitrogens with zero attached hydrogens (tertiary/aromatic N) is 1. The van der Waals surface area contributed by atoms with E-state index in [0.717, 1.165) is 4.47 Å². The molecule has 1 aromatic carbocycles. The fourth-order valence-electron chi connectivity index (χ4n) is 1.49. The van der Waals surface area contributed by atoms with Crippen molar-refractivity contribution in [2.75, 3.05) is 5.32 Å². The quantitative estimate of drug-likeness (QED) is 0.391. The molecule has 0 radical (unpaired) electrons. The van der Waals surface area contributed by atoms with E-state index in [1.807, 2.05) is 28.7 Å². The van der Waals surface area contributed by atoms with Gasteiger partial charge >= 0.3 is 0 Å². The molecule has 1 N–H and O–H groups in total. The lowest BCUT2D eigenvalue weighted by atomic mass is 10.2. The standard InChI is InChI=1S/C14H7BrClIN2O2/c15-12-6-11(21-13(12)17)4-8(7-18)14(20)19-10-3-1-2-9(16)5-10/h1-6H,(H,19,20)/b8-4-. The summed E-state index contributed by atoms with van der Waals surface area (Å²) in [5.74, 6) is -0.105. The number of nitriles is 1. The van der Waals surface area contributed by atoms with E-state index < -0.39 is 5.91 Å². The van der Waals surface area contributed by atoms with Crippen LogP contribution in [0.5, 0.6) is 0 Å². The molecule has 0 saturated heterocycles. The predicted molar refractivity (Wildman–Crippen MR) is 92.8 cm³/mol. The highest BCUT2D eigenvalue weighted by atomic mass is 127. The van der Waals surface area contributed by atoms with Crippen LogP contribution in [0.1, 0.15) is 5.76 Å². The van der Waals surface area contributed by atoms with Gasteiger partial charge in [-0.25, -0.2) is 0 Å². The second-order valence-electron chi connectivity index (χ2n) is 3.90. The normalized spacial score (nSPS) is 11.0. The second kappa shape index (κ2) is 7.11. The highest BCUT2D eigenvalue weighted by molar-refractivity contribution is 14.1. The molecule has 0 atom stereocenters. The summed E-state index contributed by atoms with van der Waals surface area (Å²) in [7, 11) is 0. The van der Waals surface area contributed by atoms with Crippen molar-refractivity contribution in [1.29, 1.82) is 5.26 Å². The first-order chi connectivity index (χ1) is 9.99. The molecule has 0 unspecified atom stereocenters. The number of benzene rings is 1. The number of rotatable bonds is 3. The van der Waals surface area contributed by atoms with E-state index in [1.54, 1.807) is 30.3 Å². The minimum Gasteiger partial charge on any atom is -0.450 e. The Morgan fingerprint density at radius 3 is 2.81 bits per heavy atom. The Morgan fingerprint density at radius 2 is 2.24 bits per heavy atom. The van der Waals surface area contributed by atoms with Crippen LogP contribution in [0.15, 0.2) is 44.8 Å². The Hall–Kier alpha value is -1.30. The van der Waals surface area contributed by atoms with Gasteiger partial charge in [-0.05, 0) is 40.2 Å². The van der Waals surface area contributed by atoms with Gasteiger partial charge in [-0.2, -0.15) is 5.26 Å². The van der Waals surface area contributed by atoms with Crippen molar-refractivity contribution in [3.8, 4) is 6.07 Å². The van der Waals surface area contributed by atoms with Crippen molar-refractivity contribution in [1.82, 2.24) is 0 Å². The smallest absolute Gasteiger partial charge is 0.266 e. The Morgan fingerprint density at radius 1 is 1.48 bits per heavy atom. The minimum absolute atomic E-state index is 0.0624. The second-order valence-corrected chi connectivity index (χ2v) is 6.18. The number of carbonyl (C=O) groups is 1. The third-order valence-corrected chi connectivity index (χ3v) is 4.77. The third kappa shape index (κ3) is 4.33. The lowest BCUT2D eigenvalue weighted by Crippen LogP contribution is -2.13. The van der Waals surface area contributed by atoms with Crippen LogP contribution >= 0.6 is 50.1 Å². The molecule has 2 aromatic rings. The van der Waals surface area contributed by atoms with Crippen molar-refractivity contribution in [2.45, 2.75) is 0 Å². The molecule has 2 rings (SSSR count). The van der Waals surface area contributed by atoms with Crippen molar-refractivity contribution in [3.05, 3.63) is 54.9 Å². The molecule has 0 bridgehead atoms. The van der Waals surface area contributed by atoms with Crippen molar-refractivity contribution in [2.24, 2.45) is 0 Å². The molecule has 0 aliphatic rings. The van der Waals surface area contributed by atoms with Gasteiger partial charge in [-0.15, -0.1) is 0 Å². The van der Waals surface area contributed by atoms with E-state index in [1.165, 1.54) is 6.08 Å². The van der Waals surface area contributed by atoms with E-state index in [4.69, 9.17) is 21.3 Å². The zero-order chi connectivity index (χ0) is 15.4. The van der Waals surface area contributed by atoms with E-state index in [-0.39, 0.29) is 5.57 Å². The Labute approximate surface area is 148 Å². The summed E-state index contributed by atoms with van der Waals surface area (Å²) in [5.41, 5.74) is 0.455. The summed E-state index contributed by atoms with van der Waals surface area (Å²) >= 11 is 11.1. The van der Waals surface area contributed by atoms with Crippen LogP contribution in [0.4, 0.5) is 5.69 Å². The van der Waals surface area contributed by atoms with Crippen LogP contribution in [0, 0.1) is 15.1 Å². The van der Waals surface area contributed by atoms with Crippen molar-refractivity contribution in [3.63, 3.8) is 0 Å². The molecular formula is C14H7BrClIN2O2. The van der Waals surface area contributed by atoms with Crippen LogP contribution in [-0.4, -0.2) is 5.91 Å². The van der Waals surface area contributed by atoms with Gasteiger partial charge in [0.15, 0.2) is 3.77 Å². The number of amides is 1. The molecule has 0 aliphatic carbocycles. The molecule has 0 spiro atoms. The molecule has 0 aliphatic heterocycles. The van der Waals surface area contributed by atoms with Gasteiger partial charge in [0.2, 0.25) is 0 Å². The number of anilines is 1. The summed E-state index contributed by atoms with van der Waals surface area (Å²) in [4.78, 5) is 12.1. The summed E-state index contributed by atoms with van der Waals surface area (Å²) in [6.45, 7) is 0. The summed E-state index contributed by atoms with van der Waals surface area (Å²) < 4.78 is 6.79. The summed E-state index contributed by atoms with van der Waals surface area (Å²) in [6.07, 6.45) is 1.38. The number of hydrogen-bond donors (Lipinski definition) is 1. The van der Waals surface area contributed by atoms with Crippen LogP contribution < -0.4 is 5.32 Å². The van der Waals surface area contributed by atoms with Gasteiger partial charge in [0, 0.05) is 39.4 Å². The molecule has 1 aromatic heterocycles. The first-order valence-corrected chi connectivity index (χ1v) is 7.88. The largest absolute Gasteiger partial charge is 0.450 e. The fraction of sp³-hybridized carbons (Fsp3) is 0. The lowest BCUT2D eigenvalue weighted by molar-refractivity contribution is -0.112. The highest BCUT2D eigenvalue weighted by Crippen LogP contribution is 2.25. The highest BCUT2D eigenvalue weighted by Gasteiger charge is 2.12. The van der Waals surface area contributed by atoms with E-state index in [2.05, 4.69) is 21.2 Å². The Kier molecular flexibility index (Phi) is 5.45. The van der Waals surface area contributed by atoms with Crippen LogP contribution in [0.25, 0.3) is 6.08 Å². The van der Waals surface area contributed by atoms with Gasteiger partial charge in [0.05, 0.1) is 4.47 Å². The lowest BCUT2D eigenvalue weighted by Gasteiger charge is -2.04. The van der Waals surface area contributed by atoms with Gasteiger partial charge in [0.25, 0.3) is 5.91 Å². The van der Waals surface area contributed by atoms with E-state index in [9.17, 15) is 4.79 Å². The van der Waals surface area contributed by atoms with Crippen molar-refractivity contribution < 1.29 is 9.21 Å². The van der Waals surface area contributed by atoms with E-state index >= 15 is 0 Å². The zero-order valence-corrected chi connectivity index (χ0v) is 14.9. The molecule has 4 nitrogen and oxygen atoms in total. The molecule has 1 amide bonds. The minimum atomic E-state index is -0.526. The maximum atomic E-state index is 12.1. The Bertz CT molecular complexity index is 745. The molecule has 106 valence electrons.